The number of carbonyl (C=O) groups is 1. The highest BCUT2D eigenvalue weighted by Crippen LogP contribution is 2.35. The second-order valence-corrected chi connectivity index (χ2v) is 11.8. The van der Waals surface area contributed by atoms with Gasteiger partial charge in [0.2, 0.25) is 11.8 Å². The predicted octanol–water partition coefficient (Wildman–Crippen LogP) is 8.66. The van der Waals surface area contributed by atoms with Crippen molar-refractivity contribution in [2.45, 2.75) is 70.5 Å². The third-order valence-corrected chi connectivity index (χ3v) is 8.25. The lowest BCUT2D eigenvalue weighted by Crippen LogP contribution is -2.30. The second kappa shape index (κ2) is 20.3. The van der Waals surface area contributed by atoms with Crippen molar-refractivity contribution in [2.24, 2.45) is 5.11 Å². The molecule has 0 fully saturated rings. The van der Waals surface area contributed by atoms with Crippen LogP contribution in [-0.2, 0) is 29.0 Å². The third-order valence-electron chi connectivity index (χ3n) is 8.25. The lowest BCUT2D eigenvalue weighted by atomic mass is 10.0. The van der Waals surface area contributed by atoms with Crippen LogP contribution in [0.1, 0.15) is 79.3 Å². The molecule has 0 amide bonds. The fraction of sp³-hybridized carbons (Fsp3) is 0.385. The molecule has 0 bridgehead atoms. The maximum absolute atomic E-state index is 11.8. The number of ether oxygens (including phenoxy) is 1. The third kappa shape index (κ3) is 11.6. The standard InChI is InChI=1S/C39H46N6O3/c1-3-4-17-27-44(30-33-20-11-6-12-21-33)36(24-15-8-16-25-37(46)47-2)38-42-35(29-32-18-9-5-10-19-32)39(48-38)45(28-26-41-43-40)31-34-22-13-7-14-23-34/h1,5-7,9-14,18-23,36H,4,8,15-17,24-31H2,2H3. The van der Waals surface area contributed by atoms with Crippen LogP contribution in [0.25, 0.3) is 10.4 Å². The van der Waals surface area contributed by atoms with Gasteiger partial charge in [0, 0.05) is 56.9 Å². The molecule has 0 spiro atoms. The van der Waals surface area contributed by atoms with E-state index in [9.17, 15) is 4.79 Å². The Morgan fingerprint density at radius 1 is 0.917 bits per heavy atom. The van der Waals surface area contributed by atoms with Gasteiger partial charge in [-0.25, -0.2) is 4.98 Å². The number of terminal acetylenes is 1. The molecule has 4 rings (SSSR count). The Bertz CT molecular complexity index is 1600. The smallest absolute Gasteiger partial charge is 0.305 e. The van der Waals surface area contributed by atoms with Gasteiger partial charge in [-0.05, 0) is 41.5 Å². The van der Waals surface area contributed by atoms with E-state index in [1.807, 2.05) is 42.5 Å². The first-order valence-corrected chi connectivity index (χ1v) is 16.7. The quantitative estimate of drug-likeness (QED) is 0.0224. The van der Waals surface area contributed by atoms with Crippen molar-refractivity contribution >= 4 is 11.9 Å². The van der Waals surface area contributed by atoms with Crippen LogP contribution in [0.4, 0.5) is 5.88 Å². The number of azide groups is 1. The summed E-state index contributed by atoms with van der Waals surface area (Å²) in [5.74, 6) is 3.95. The number of nitrogens with zero attached hydrogens (tertiary/aromatic N) is 6. The van der Waals surface area contributed by atoms with Gasteiger partial charge in [0.15, 0.2) is 0 Å². The zero-order valence-corrected chi connectivity index (χ0v) is 27.9. The van der Waals surface area contributed by atoms with Gasteiger partial charge in [0.05, 0.1) is 13.2 Å². The van der Waals surface area contributed by atoms with E-state index in [1.165, 1.54) is 12.7 Å². The molecule has 0 saturated heterocycles. The summed E-state index contributed by atoms with van der Waals surface area (Å²) in [7, 11) is 1.43. The fourth-order valence-electron chi connectivity index (χ4n) is 5.82. The average Bonchev–Trinajstić information content (AvgIpc) is 3.53. The molecule has 1 unspecified atom stereocenters. The summed E-state index contributed by atoms with van der Waals surface area (Å²) in [5.41, 5.74) is 13.3. The van der Waals surface area contributed by atoms with Gasteiger partial charge in [-0.3, -0.25) is 9.69 Å². The molecule has 3 aromatic carbocycles. The maximum atomic E-state index is 11.8. The number of hydrogen-bond donors (Lipinski definition) is 0. The molecule has 9 heteroatoms. The van der Waals surface area contributed by atoms with E-state index in [1.54, 1.807) is 0 Å². The molecule has 0 saturated carbocycles. The van der Waals surface area contributed by atoms with Crippen molar-refractivity contribution in [1.29, 1.82) is 0 Å². The minimum Gasteiger partial charge on any atom is -0.469 e. The topological polar surface area (TPSA) is 108 Å². The fourth-order valence-corrected chi connectivity index (χ4v) is 5.82. The molecule has 1 atom stereocenters. The summed E-state index contributed by atoms with van der Waals surface area (Å²) in [5, 5.41) is 3.85. The van der Waals surface area contributed by atoms with E-state index in [0.29, 0.717) is 57.2 Å². The van der Waals surface area contributed by atoms with Crippen LogP contribution in [0.2, 0.25) is 0 Å². The Labute approximate surface area is 284 Å². The summed E-state index contributed by atoms with van der Waals surface area (Å²) in [6.45, 7) is 2.84. The van der Waals surface area contributed by atoms with Crippen molar-refractivity contribution in [2.75, 3.05) is 31.6 Å². The molecule has 4 aromatic rings. The van der Waals surface area contributed by atoms with E-state index in [4.69, 9.17) is 26.1 Å². The number of methoxy groups -OCH3 is 1. The molecule has 9 nitrogen and oxygen atoms in total. The van der Waals surface area contributed by atoms with Gasteiger partial charge < -0.3 is 14.1 Å². The van der Waals surface area contributed by atoms with E-state index in [2.05, 4.69) is 74.3 Å². The number of unbranched alkanes of at least 4 members (excludes halogenated alkanes) is 3. The first kappa shape index (κ1) is 35.8. The van der Waals surface area contributed by atoms with E-state index < -0.39 is 0 Å². The number of aromatic nitrogens is 1. The van der Waals surface area contributed by atoms with Gasteiger partial charge in [0.25, 0.3) is 0 Å². The van der Waals surface area contributed by atoms with Crippen LogP contribution in [0, 0.1) is 12.3 Å². The van der Waals surface area contributed by atoms with Crippen molar-refractivity contribution in [3.05, 3.63) is 130 Å². The van der Waals surface area contributed by atoms with Crippen molar-refractivity contribution < 1.29 is 13.9 Å². The number of esters is 1. The highest BCUT2D eigenvalue weighted by Gasteiger charge is 2.29. The monoisotopic (exact) mass is 646 g/mol. The normalized spacial score (nSPS) is 11.4. The summed E-state index contributed by atoms with van der Waals surface area (Å²) in [6.07, 6.45) is 11.5. The Morgan fingerprint density at radius 3 is 2.19 bits per heavy atom. The molecule has 0 aliphatic carbocycles. The SMILES string of the molecule is C#CCCCN(Cc1ccccc1)C(CCCCCC(=O)OC)c1nc(Cc2ccccc2)c(N(CCN=[N+]=[N-])Cc2ccccc2)o1. The second-order valence-electron chi connectivity index (χ2n) is 11.8. The van der Waals surface area contributed by atoms with Gasteiger partial charge in [-0.2, -0.15) is 0 Å². The number of hydrogen-bond acceptors (Lipinski definition) is 7. The van der Waals surface area contributed by atoms with Crippen molar-refractivity contribution in [3.8, 4) is 12.3 Å². The van der Waals surface area contributed by atoms with Gasteiger partial charge in [-0.15, -0.1) is 12.3 Å². The molecular weight excluding hydrogens is 600 g/mol. The highest BCUT2D eigenvalue weighted by molar-refractivity contribution is 5.68. The average molecular weight is 647 g/mol. The number of oxazole rings is 1. The zero-order chi connectivity index (χ0) is 33.8. The molecule has 250 valence electrons. The summed E-state index contributed by atoms with van der Waals surface area (Å²) in [4.78, 5) is 24.6. The van der Waals surface area contributed by atoms with Crippen LogP contribution in [0.3, 0.4) is 0 Å². The Hall–Kier alpha value is -5.03. The van der Waals surface area contributed by atoms with Crippen LogP contribution in [0.15, 0.2) is 101 Å². The molecule has 0 aliphatic rings. The lowest BCUT2D eigenvalue weighted by Gasteiger charge is -2.30. The number of rotatable bonds is 21. The van der Waals surface area contributed by atoms with Crippen LogP contribution in [0.5, 0.6) is 0 Å². The number of benzene rings is 3. The lowest BCUT2D eigenvalue weighted by molar-refractivity contribution is -0.140. The first-order chi connectivity index (χ1) is 23.6. The molecule has 1 heterocycles. The molecule has 0 radical (unpaired) electrons. The zero-order valence-electron chi connectivity index (χ0n) is 27.9. The van der Waals surface area contributed by atoms with E-state index in [-0.39, 0.29) is 12.0 Å². The molecule has 0 aliphatic heterocycles. The molecular formula is C39H46N6O3. The summed E-state index contributed by atoms with van der Waals surface area (Å²) >= 11 is 0. The summed E-state index contributed by atoms with van der Waals surface area (Å²) in [6, 6.07) is 30.8. The number of carbonyl (C=O) groups excluding carboxylic acids is 1. The minimum atomic E-state index is -0.186. The first-order valence-electron chi connectivity index (χ1n) is 16.7. The maximum Gasteiger partial charge on any atom is 0.305 e. The van der Waals surface area contributed by atoms with Crippen molar-refractivity contribution in [1.82, 2.24) is 9.88 Å². The highest BCUT2D eigenvalue weighted by atomic mass is 16.5. The van der Waals surface area contributed by atoms with Gasteiger partial charge >= 0.3 is 5.97 Å². The van der Waals surface area contributed by atoms with Crippen LogP contribution < -0.4 is 4.90 Å². The summed E-state index contributed by atoms with van der Waals surface area (Å²) < 4.78 is 11.7. The molecule has 0 N–H and O–H groups in total. The van der Waals surface area contributed by atoms with E-state index >= 15 is 0 Å². The van der Waals surface area contributed by atoms with Crippen molar-refractivity contribution in [3.63, 3.8) is 0 Å². The number of anilines is 1. The Balaban J connectivity index is 1.75. The van der Waals surface area contributed by atoms with Crippen LogP contribution >= 0.6 is 0 Å². The molecule has 1 aromatic heterocycles. The predicted molar refractivity (Wildman–Crippen MR) is 190 cm³/mol. The molecule has 48 heavy (non-hydrogen) atoms. The van der Waals surface area contributed by atoms with Gasteiger partial charge in [0.1, 0.15) is 5.69 Å². The Kier molecular flexibility index (Phi) is 15.1. The van der Waals surface area contributed by atoms with E-state index in [0.717, 1.165) is 55.5 Å². The van der Waals surface area contributed by atoms with Gasteiger partial charge in [-0.1, -0.05) is 109 Å². The minimum absolute atomic E-state index is 0.125. The van der Waals surface area contributed by atoms with Crippen LogP contribution in [-0.4, -0.2) is 42.6 Å². The largest absolute Gasteiger partial charge is 0.469 e. The Morgan fingerprint density at radius 2 is 1.56 bits per heavy atom.